The molecule has 0 atom stereocenters. The van der Waals surface area contributed by atoms with Crippen molar-refractivity contribution in [3.8, 4) is 23.0 Å². The average Bonchev–Trinajstić information content (AvgIpc) is 0.734. The van der Waals surface area contributed by atoms with Crippen molar-refractivity contribution in [2.24, 2.45) is 7.05 Å². The molecule has 11 aromatic carbocycles. The average molecular weight is 1700 g/mol. The van der Waals surface area contributed by atoms with Crippen LogP contribution >= 0.6 is 0 Å². The number of non-ortho nitro benzene ring substituents is 1. The summed E-state index contributed by atoms with van der Waals surface area (Å²) in [7, 11) is 1.83. The summed E-state index contributed by atoms with van der Waals surface area (Å²) in [5.74, 6) is 0.644. The van der Waals surface area contributed by atoms with Gasteiger partial charge >= 0.3 is 0 Å². The van der Waals surface area contributed by atoms with Crippen LogP contribution in [0.5, 0.6) is 23.0 Å². The Bertz CT molecular complexity index is 5180. The fourth-order valence-electron chi connectivity index (χ4n) is 15.2. The maximum absolute atomic E-state index is 14.2. The molecular formula is C106H113ClN6O12. The van der Waals surface area contributed by atoms with Crippen LogP contribution in [0, 0.1) is 10.1 Å². The Morgan fingerprint density at radius 3 is 0.896 bits per heavy atom. The maximum Gasteiger partial charge on any atom is 0.271 e. The highest BCUT2D eigenvalue weighted by Crippen LogP contribution is 2.49. The summed E-state index contributed by atoms with van der Waals surface area (Å²) >= 11 is 0. The molecule has 1 aromatic heterocycles. The fourth-order valence-corrected chi connectivity index (χ4v) is 15.2. The molecule has 19 heteroatoms. The van der Waals surface area contributed by atoms with Crippen molar-refractivity contribution in [2.45, 2.75) is 116 Å². The van der Waals surface area contributed by atoms with Crippen LogP contribution < -0.4 is 57.2 Å². The lowest BCUT2D eigenvalue weighted by Gasteiger charge is -2.37. The first-order valence-corrected chi connectivity index (χ1v) is 42.1. The van der Waals surface area contributed by atoms with E-state index in [1.807, 2.05) is 43.5 Å². The predicted octanol–water partition coefficient (Wildman–Crippen LogP) is 17.5. The number of benzene rings is 11. The van der Waals surface area contributed by atoms with Crippen molar-refractivity contribution >= 4 is 40.7 Å². The highest BCUT2D eigenvalue weighted by molar-refractivity contribution is 6.08. The number of nitrogens with one attached hydrogen (secondary N) is 4. The Kier molecular flexibility index (Phi) is 30.7. The lowest BCUT2D eigenvalue weighted by Crippen LogP contribution is -3.00. The van der Waals surface area contributed by atoms with E-state index in [1.54, 1.807) is 71.6 Å². The lowest BCUT2D eigenvalue weighted by atomic mass is 9.64. The van der Waals surface area contributed by atoms with Crippen LogP contribution in [0.2, 0.25) is 0 Å². The molecular weight excluding hydrogens is 1580 g/mol. The second-order valence-electron chi connectivity index (χ2n) is 35.1. The fraction of sp³-hybridized carbons (Fsp3) is 0.274. The van der Waals surface area contributed by atoms with E-state index < -0.39 is 27.6 Å². The Hall–Kier alpha value is -13.0. The highest BCUT2D eigenvalue weighted by atomic mass is 35.5. The molecule has 4 amide bonds. The minimum absolute atomic E-state index is 0. The molecule has 0 saturated heterocycles. The van der Waals surface area contributed by atoms with E-state index in [1.165, 1.54) is 28.3 Å². The minimum atomic E-state index is -0.672. The molecule has 16 rings (SSSR count). The van der Waals surface area contributed by atoms with Gasteiger partial charge in [0.2, 0.25) is 0 Å². The Morgan fingerprint density at radius 1 is 0.352 bits per heavy atom. The summed E-state index contributed by atoms with van der Waals surface area (Å²) in [5, 5.41) is 23.1. The largest absolute Gasteiger partial charge is 1.00 e. The number of nitro groups is 1. The van der Waals surface area contributed by atoms with Gasteiger partial charge in [-0.3, -0.25) is 29.3 Å². The van der Waals surface area contributed by atoms with Crippen molar-refractivity contribution in [1.29, 1.82) is 0 Å². The highest BCUT2D eigenvalue weighted by Gasteiger charge is 2.41. The van der Waals surface area contributed by atoms with E-state index in [-0.39, 0.29) is 89.0 Å². The topological polar surface area (TPSA) is 219 Å². The smallest absolute Gasteiger partial charge is 0.271 e. The van der Waals surface area contributed by atoms with Gasteiger partial charge in [0.15, 0.2) is 12.4 Å². The zero-order chi connectivity index (χ0) is 88.2. The zero-order valence-corrected chi connectivity index (χ0v) is 74.4. The van der Waals surface area contributed by atoms with E-state index in [4.69, 9.17) is 28.4 Å². The molecule has 4 aliphatic rings. The third-order valence-electron chi connectivity index (χ3n) is 22.0. The number of carbonyl (C=O) groups excluding carboxylic acids is 4. The Balaban J connectivity index is 0.000000280. The van der Waals surface area contributed by atoms with Gasteiger partial charge in [-0.1, -0.05) is 277 Å². The number of nitro benzene ring substituents is 1. The molecule has 6 bridgehead atoms. The summed E-state index contributed by atoms with van der Waals surface area (Å²) in [5.41, 5.74) is 14.3. The molecule has 0 radical (unpaired) electrons. The predicted molar refractivity (Wildman–Crippen MR) is 491 cm³/mol. The molecule has 18 nitrogen and oxygen atoms in total. The summed E-state index contributed by atoms with van der Waals surface area (Å²) in [6, 6.07) is 93.3. The summed E-state index contributed by atoms with van der Waals surface area (Å²) in [6.45, 7) is 29.9. The molecule has 0 unspecified atom stereocenters. The van der Waals surface area contributed by atoms with E-state index >= 15 is 0 Å². The second-order valence-corrected chi connectivity index (χ2v) is 35.1. The van der Waals surface area contributed by atoms with Gasteiger partial charge in [0, 0.05) is 34.6 Å². The minimum Gasteiger partial charge on any atom is -1.00 e. The standard InChI is InChI=1S/C74H77N3O2.C32H35N3O10.ClH/c1-69(2,3)53-24-32-59(33-25-53)73(57-20-16-14-17-21-57,60-34-26-54(27-35-60)70(4,5)6)63-40-44-65(45-41-63)75-67(78)51-48-52(50-77(13)49-51)68(79)76-66-46-42-64(43-47-66)74(58-22-18-15-19-23-58,61-36-28-55(29-37-61)71(7,8)9)62-38-30-56(31-39-62)72(10,11)12;36-31-24-21-25(23-26(22-24)35(38)39)32(37)34-12-16-43-28-5-9-30(10-6-28)45-20-18-41-14-2-1-13-40-17-19-44-29-7-3-27(4-8-29)42-15-11-33-31;/h14-50H,1-13H3,(H-,75,76,78,79);1-10,21-23H,11-20H2,(H,33,36)(H,34,37);1H/b;2-1+;. The third kappa shape index (κ3) is 23.7. The lowest BCUT2D eigenvalue weighted by molar-refractivity contribution is -0.671. The van der Waals surface area contributed by atoms with Gasteiger partial charge in [-0.25, -0.2) is 4.57 Å². The second kappa shape index (κ2) is 41.5. The zero-order valence-electron chi connectivity index (χ0n) is 73.6. The quantitative estimate of drug-likeness (QED) is 0.0279. The Morgan fingerprint density at radius 2 is 0.616 bits per heavy atom. The number of aromatic nitrogens is 1. The number of amides is 4. The van der Waals surface area contributed by atoms with Gasteiger partial charge in [-0.15, -0.1) is 0 Å². The number of aryl methyl sites for hydroxylation is 1. The molecule has 12 aromatic rings. The van der Waals surface area contributed by atoms with Crippen LogP contribution in [-0.4, -0.2) is 94.5 Å². The van der Waals surface area contributed by atoms with Gasteiger partial charge < -0.3 is 62.1 Å². The number of pyridine rings is 1. The van der Waals surface area contributed by atoms with Gasteiger partial charge in [-0.05, 0) is 173 Å². The van der Waals surface area contributed by atoms with E-state index in [2.05, 4.69) is 286 Å². The number of hydrogen-bond donors (Lipinski definition) is 4. The van der Waals surface area contributed by atoms with E-state index in [9.17, 15) is 29.3 Å². The van der Waals surface area contributed by atoms with Crippen molar-refractivity contribution in [2.75, 3.05) is 76.6 Å². The van der Waals surface area contributed by atoms with Crippen molar-refractivity contribution in [3.63, 3.8) is 0 Å². The monoisotopic (exact) mass is 1700 g/mol. The number of ether oxygens (including phenoxy) is 6. The molecule has 4 N–H and O–H groups in total. The van der Waals surface area contributed by atoms with E-state index in [0.29, 0.717) is 85.1 Å². The summed E-state index contributed by atoms with van der Waals surface area (Å²) < 4.78 is 35.5. The van der Waals surface area contributed by atoms with Gasteiger partial charge in [0.25, 0.3) is 29.3 Å². The van der Waals surface area contributed by atoms with Gasteiger partial charge in [0.05, 0.1) is 55.3 Å². The number of nitrogens with zero attached hydrogens (tertiary/aromatic N) is 2. The first-order valence-electron chi connectivity index (χ1n) is 42.1. The van der Waals surface area contributed by atoms with Gasteiger partial charge in [-0.2, -0.15) is 0 Å². The van der Waals surface area contributed by atoms with Crippen molar-refractivity contribution in [1.82, 2.24) is 10.6 Å². The number of anilines is 2. The molecule has 125 heavy (non-hydrogen) atoms. The number of halogens is 1. The molecule has 0 fully saturated rings. The maximum atomic E-state index is 14.2. The molecule has 0 saturated carbocycles. The first kappa shape index (κ1) is 92.7. The van der Waals surface area contributed by atoms with E-state index in [0.717, 1.165) is 56.6 Å². The number of hydrogen-bond acceptors (Lipinski definition) is 12. The van der Waals surface area contributed by atoms with Crippen LogP contribution in [0.4, 0.5) is 17.1 Å². The van der Waals surface area contributed by atoms with Crippen LogP contribution in [0.3, 0.4) is 0 Å². The molecule has 0 aliphatic carbocycles. The SMILES string of the molecule is C[n+]1cc(C(=O)Nc2ccc(C(c3ccccc3)(c3ccc(C(C)(C)C)cc3)c3ccc(C(C)(C)C)cc3)cc2)cc(C(=O)Nc2ccc(C(c3ccccc3)(c3ccc(C(C)(C)C)cc3)c3ccc(C(C)(C)C)cc3)cc2)c1.O=C1NCCOc2ccc(cc2)OCCOC/C=C/COCCOc2ccc(cc2)OCCNC(=O)c2cc1cc([N+](=O)[O-])c2.[Cl-]. The molecule has 0 spiro atoms. The van der Waals surface area contributed by atoms with Crippen LogP contribution in [-0.2, 0) is 49.0 Å². The number of carbonyl (C=O) groups is 4. The Labute approximate surface area is 741 Å². The van der Waals surface area contributed by atoms with Crippen LogP contribution in [0.15, 0.2) is 304 Å². The molecule has 5 heterocycles. The normalized spacial score (nSPS) is 14.0. The van der Waals surface area contributed by atoms with Crippen molar-refractivity contribution < 1.29 is 69.5 Å². The van der Waals surface area contributed by atoms with Crippen molar-refractivity contribution in [3.05, 3.63) is 403 Å². The summed E-state index contributed by atoms with van der Waals surface area (Å²) in [6.07, 6.45) is 7.24. The third-order valence-corrected chi connectivity index (χ3v) is 22.0. The molecule has 646 valence electrons. The first-order chi connectivity index (χ1) is 59.4. The number of rotatable bonds is 13. The van der Waals surface area contributed by atoms with Gasteiger partial charge in [0.1, 0.15) is 67.6 Å². The van der Waals surface area contributed by atoms with Crippen LogP contribution in [0.1, 0.15) is 191 Å². The van der Waals surface area contributed by atoms with Crippen LogP contribution in [0.25, 0.3) is 0 Å². The summed E-state index contributed by atoms with van der Waals surface area (Å²) in [4.78, 5) is 64.8. The molecule has 4 aliphatic heterocycles.